The lowest BCUT2D eigenvalue weighted by atomic mass is 10.1. The van der Waals surface area contributed by atoms with Crippen molar-refractivity contribution >= 4 is 28.2 Å². The smallest absolute Gasteiger partial charge is 0.287 e. The molecule has 0 unspecified atom stereocenters. The number of para-hydroxylation sites is 1. The average molecular weight is 397 g/mol. The van der Waals surface area contributed by atoms with Crippen LogP contribution in [-0.2, 0) is 0 Å². The largest absolute Gasteiger partial charge is 0.451 e. The molecule has 1 atom stereocenters. The Labute approximate surface area is 168 Å². The summed E-state index contributed by atoms with van der Waals surface area (Å²) in [5.74, 6) is -0.288. The Bertz CT molecular complexity index is 988. The molecule has 0 aliphatic carbocycles. The molecule has 1 saturated heterocycles. The minimum Gasteiger partial charge on any atom is -0.451 e. The second kappa shape index (κ2) is 8.71. The summed E-state index contributed by atoms with van der Waals surface area (Å²) in [7, 11) is 0. The van der Waals surface area contributed by atoms with Crippen molar-refractivity contribution in [3.8, 4) is 0 Å². The van der Waals surface area contributed by atoms with Crippen molar-refractivity contribution in [2.24, 2.45) is 0 Å². The first-order valence-electron chi connectivity index (χ1n) is 9.81. The molecule has 3 aromatic rings. The fourth-order valence-electron chi connectivity index (χ4n) is 3.79. The summed E-state index contributed by atoms with van der Waals surface area (Å²) in [6, 6.07) is 12.6. The second-order valence-electron chi connectivity index (χ2n) is 7.16. The third-order valence-electron chi connectivity index (χ3n) is 5.27. The zero-order chi connectivity index (χ0) is 19.3. The van der Waals surface area contributed by atoms with Gasteiger partial charge in [0.2, 0.25) is 0 Å². The highest BCUT2D eigenvalue weighted by atomic mass is 32.1. The molecule has 1 aliphatic heterocycles. The van der Waals surface area contributed by atoms with Crippen LogP contribution in [-0.4, -0.2) is 30.4 Å². The Kier molecular flexibility index (Phi) is 5.88. The van der Waals surface area contributed by atoms with Crippen molar-refractivity contribution < 1.29 is 9.21 Å². The van der Waals surface area contributed by atoms with Gasteiger partial charge in [-0.05, 0) is 49.5 Å². The fraction of sp³-hybridized carbons (Fsp3) is 0.364. The van der Waals surface area contributed by atoms with Crippen LogP contribution in [0.5, 0.6) is 0 Å². The van der Waals surface area contributed by atoms with Crippen molar-refractivity contribution in [3.05, 3.63) is 68.7 Å². The quantitative estimate of drug-likeness (QED) is 0.702. The Morgan fingerprint density at radius 3 is 2.64 bits per heavy atom. The van der Waals surface area contributed by atoms with Gasteiger partial charge in [-0.1, -0.05) is 31.0 Å². The van der Waals surface area contributed by atoms with Crippen LogP contribution in [0.2, 0.25) is 0 Å². The third-order valence-corrected chi connectivity index (χ3v) is 6.24. The van der Waals surface area contributed by atoms with Gasteiger partial charge in [0, 0.05) is 17.5 Å². The summed E-state index contributed by atoms with van der Waals surface area (Å²) >= 11 is 1.72. The Balaban J connectivity index is 1.52. The van der Waals surface area contributed by atoms with Crippen molar-refractivity contribution in [3.63, 3.8) is 0 Å². The predicted molar refractivity (Wildman–Crippen MR) is 112 cm³/mol. The normalized spacial score (nSPS) is 16.6. The van der Waals surface area contributed by atoms with E-state index in [0.717, 1.165) is 13.1 Å². The standard InChI is InChI=1S/C22H24N2O3S/c25-18-14-20(27-19-9-4-3-8-16(18)19)22(26)23-15-17(21-10-7-13-28-21)24-11-5-1-2-6-12-24/h3-4,7-10,13-14,17H,1-2,5-6,11-12,15H2,(H,23,26)/t17-/m0/s1. The molecule has 5 nitrogen and oxygen atoms in total. The van der Waals surface area contributed by atoms with Gasteiger partial charge in [-0.25, -0.2) is 0 Å². The number of likely N-dealkylation sites (tertiary alicyclic amines) is 1. The van der Waals surface area contributed by atoms with Gasteiger partial charge < -0.3 is 9.73 Å². The van der Waals surface area contributed by atoms with E-state index in [1.807, 2.05) is 0 Å². The van der Waals surface area contributed by atoms with Gasteiger partial charge in [-0.3, -0.25) is 14.5 Å². The first-order chi connectivity index (χ1) is 13.7. The number of fused-ring (bicyclic) bond motifs is 1. The highest BCUT2D eigenvalue weighted by Gasteiger charge is 2.23. The third kappa shape index (κ3) is 4.18. The number of nitrogens with zero attached hydrogens (tertiary/aromatic N) is 1. The number of carbonyl (C=O) groups excluding carboxylic acids is 1. The maximum Gasteiger partial charge on any atom is 0.287 e. The number of amides is 1. The van der Waals surface area contributed by atoms with Crippen LogP contribution in [0.4, 0.5) is 0 Å². The maximum atomic E-state index is 12.7. The lowest BCUT2D eigenvalue weighted by Gasteiger charge is -2.30. The van der Waals surface area contributed by atoms with E-state index in [2.05, 4.69) is 27.7 Å². The van der Waals surface area contributed by atoms with E-state index < -0.39 is 0 Å². The Morgan fingerprint density at radius 2 is 1.89 bits per heavy atom. The number of hydrogen-bond donors (Lipinski definition) is 1. The molecular formula is C22H24N2O3S. The molecule has 1 amide bonds. The highest BCUT2D eigenvalue weighted by Crippen LogP contribution is 2.27. The molecule has 0 bridgehead atoms. The average Bonchev–Trinajstić information content (AvgIpc) is 3.11. The number of nitrogens with one attached hydrogen (secondary N) is 1. The highest BCUT2D eigenvalue weighted by molar-refractivity contribution is 7.10. The van der Waals surface area contributed by atoms with Crippen LogP contribution in [0.15, 0.2) is 57.1 Å². The molecule has 1 aliphatic rings. The maximum absolute atomic E-state index is 12.7. The summed E-state index contributed by atoms with van der Waals surface area (Å²) in [5.41, 5.74) is 0.233. The van der Waals surface area contributed by atoms with Crippen LogP contribution in [0.3, 0.4) is 0 Å². The molecule has 0 radical (unpaired) electrons. The predicted octanol–water partition coefficient (Wildman–Crippen LogP) is 4.20. The summed E-state index contributed by atoms with van der Waals surface area (Å²) in [6.07, 6.45) is 4.91. The first-order valence-corrected chi connectivity index (χ1v) is 10.7. The molecule has 4 rings (SSSR count). The van der Waals surface area contributed by atoms with E-state index in [1.165, 1.54) is 36.6 Å². The lowest BCUT2D eigenvalue weighted by molar-refractivity contribution is 0.0907. The van der Waals surface area contributed by atoms with E-state index in [0.29, 0.717) is 17.5 Å². The molecular weight excluding hydrogens is 372 g/mol. The zero-order valence-electron chi connectivity index (χ0n) is 15.7. The summed E-state index contributed by atoms with van der Waals surface area (Å²) in [4.78, 5) is 28.7. The summed E-state index contributed by atoms with van der Waals surface area (Å²) < 4.78 is 5.67. The van der Waals surface area contributed by atoms with E-state index in [-0.39, 0.29) is 23.1 Å². The molecule has 2 aromatic heterocycles. The summed E-state index contributed by atoms with van der Waals surface area (Å²) in [5, 5.41) is 5.55. The van der Waals surface area contributed by atoms with E-state index in [9.17, 15) is 9.59 Å². The molecule has 3 heterocycles. The number of thiophene rings is 1. The molecule has 1 N–H and O–H groups in total. The van der Waals surface area contributed by atoms with E-state index in [4.69, 9.17) is 4.42 Å². The fourth-order valence-corrected chi connectivity index (χ4v) is 4.65. The van der Waals surface area contributed by atoms with Gasteiger partial charge in [-0.2, -0.15) is 0 Å². The number of hydrogen-bond acceptors (Lipinski definition) is 5. The second-order valence-corrected chi connectivity index (χ2v) is 8.14. The van der Waals surface area contributed by atoms with Crippen LogP contribution >= 0.6 is 11.3 Å². The van der Waals surface area contributed by atoms with Crippen LogP contribution in [0, 0.1) is 0 Å². The molecule has 1 fully saturated rings. The van der Waals surface area contributed by atoms with E-state index >= 15 is 0 Å². The van der Waals surface area contributed by atoms with Crippen molar-refractivity contribution in [2.45, 2.75) is 31.7 Å². The number of rotatable bonds is 5. The van der Waals surface area contributed by atoms with Crippen LogP contribution in [0.1, 0.15) is 47.2 Å². The van der Waals surface area contributed by atoms with Gasteiger partial charge in [0.1, 0.15) is 5.58 Å². The molecule has 146 valence electrons. The molecule has 28 heavy (non-hydrogen) atoms. The first kappa shape index (κ1) is 18.9. The molecule has 6 heteroatoms. The molecule has 0 saturated carbocycles. The van der Waals surface area contributed by atoms with Crippen molar-refractivity contribution in [1.82, 2.24) is 10.2 Å². The van der Waals surface area contributed by atoms with Crippen molar-refractivity contribution in [1.29, 1.82) is 0 Å². The van der Waals surface area contributed by atoms with Crippen LogP contribution < -0.4 is 10.7 Å². The van der Waals surface area contributed by atoms with Gasteiger partial charge in [0.15, 0.2) is 11.2 Å². The minimum absolute atomic E-state index is 0.0597. The van der Waals surface area contributed by atoms with Gasteiger partial charge in [0.05, 0.1) is 11.4 Å². The van der Waals surface area contributed by atoms with Gasteiger partial charge in [0.25, 0.3) is 5.91 Å². The summed E-state index contributed by atoms with van der Waals surface area (Å²) in [6.45, 7) is 2.59. The number of carbonyl (C=O) groups is 1. The molecule has 0 spiro atoms. The molecule has 1 aromatic carbocycles. The van der Waals surface area contributed by atoms with Gasteiger partial charge in [-0.15, -0.1) is 11.3 Å². The Hall–Kier alpha value is -2.44. The van der Waals surface area contributed by atoms with Crippen molar-refractivity contribution in [2.75, 3.05) is 19.6 Å². The van der Waals surface area contributed by atoms with Crippen LogP contribution in [0.25, 0.3) is 11.0 Å². The van der Waals surface area contributed by atoms with Gasteiger partial charge >= 0.3 is 0 Å². The minimum atomic E-state index is -0.348. The SMILES string of the molecule is O=C(NC[C@@H](c1cccs1)N1CCCCCC1)c1cc(=O)c2ccccc2o1. The Morgan fingerprint density at radius 1 is 1.11 bits per heavy atom. The monoisotopic (exact) mass is 396 g/mol. The zero-order valence-corrected chi connectivity index (χ0v) is 16.5. The topological polar surface area (TPSA) is 62.6 Å². The lowest BCUT2D eigenvalue weighted by Crippen LogP contribution is -2.38. The number of benzene rings is 1. The van der Waals surface area contributed by atoms with E-state index in [1.54, 1.807) is 35.6 Å².